The molecule has 0 bridgehead atoms. The molecule has 0 saturated heterocycles. The van der Waals surface area contributed by atoms with Crippen molar-refractivity contribution in [3.63, 3.8) is 0 Å². The van der Waals surface area contributed by atoms with Crippen molar-refractivity contribution in [3.05, 3.63) is 107 Å². The predicted molar refractivity (Wildman–Crippen MR) is 139 cm³/mol. The zero-order valence-corrected chi connectivity index (χ0v) is 21.1. The number of halogens is 2. The molecule has 4 rings (SSSR count). The van der Waals surface area contributed by atoms with Crippen LogP contribution in [0.3, 0.4) is 0 Å². The van der Waals surface area contributed by atoms with E-state index < -0.39 is 5.66 Å². The highest BCUT2D eigenvalue weighted by Gasteiger charge is 2.41. The van der Waals surface area contributed by atoms with Gasteiger partial charge in [0, 0.05) is 53.2 Å². The second kappa shape index (κ2) is 11.2. The Labute approximate surface area is 211 Å². The maximum Gasteiger partial charge on any atom is 0.130 e. The third-order valence-corrected chi connectivity index (χ3v) is 7.21. The van der Waals surface area contributed by atoms with Crippen LogP contribution < -0.4 is 5.32 Å². The molecule has 2 aromatic carbocycles. The number of benzene rings is 2. The van der Waals surface area contributed by atoms with Crippen molar-refractivity contribution in [2.45, 2.75) is 50.7 Å². The van der Waals surface area contributed by atoms with Gasteiger partial charge in [0.25, 0.3) is 0 Å². The van der Waals surface area contributed by atoms with Crippen molar-refractivity contribution in [3.8, 4) is 0 Å². The average molecular weight is 496 g/mol. The summed E-state index contributed by atoms with van der Waals surface area (Å²) in [6, 6.07) is 16.6. The van der Waals surface area contributed by atoms with E-state index in [2.05, 4.69) is 74.9 Å². The fourth-order valence-corrected chi connectivity index (χ4v) is 5.30. The van der Waals surface area contributed by atoms with Gasteiger partial charge in [-0.15, -0.1) is 0 Å². The lowest BCUT2D eigenvalue weighted by molar-refractivity contribution is 0.150. The van der Waals surface area contributed by atoms with Crippen molar-refractivity contribution < 1.29 is 0 Å². The van der Waals surface area contributed by atoms with E-state index in [1.807, 2.05) is 49.3 Å². The van der Waals surface area contributed by atoms with E-state index in [9.17, 15) is 0 Å². The van der Waals surface area contributed by atoms with E-state index in [0.29, 0.717) is 0 Å². The molecule has 2 heterocycles. The molecule has 0 amide bonds. The average Bonchev–Trinajstić information content (AvgIpc) is 3.58. The maximum atomic E-state index is 6.23. The lowest BCUT2D eigenvalue weighted by Gasteiger charge is -2.43. The topological polar surface area (TPSA) is 47.7 Å². The third-order valence-electron chi connectivity index (χ3n) is 6.71. The Bertz CT molecular complexity index is 1090. The number of rotatable bonds is 11. The van der Waals surface area contributed by atoms with Crippen molar-refractivity contribution in [2.75, 3.05) is 6.54 Å². The van der Waals surface area contributed by atoms with Gasteiger partial charge >= 0.3 is 0 Å². The number of nitrogens with zero attached hydrogens (tertiary/aromatic N) is 4. The van der Waals surface area contributed by atoms with E-state index in [0.717, 1.165) is 35.9 Å². The van der Waals surface area contributed by atoms with E-state index in [1.54, 1.807) is 0 Å². The summed E-state index contributed by atoms with van der Waals surface area (Å²) < 4.78 is 4.45. The number of nitrogens with one attached hydrogen (secondary N) is 1. The van der Waals surface area contributed by atoms with Gasteiger partial charge in [0.2, 0.25) is 0 Å². The summed E-state index contributed by atoms with van der Waals surface area (Å²) >= 11 is 12.3. The molecule has 5 nitrogen and oxygen atoms in total. The molecule has 2 atom stereocenters. The van der Waals surface area contributed by atoms with Crippen molar-refractivity contribution in [1.82, 2.24) is 24.4 Å². The Morgan fingerprint density at radius 1 is 0.794 bits per heavy atom. The Morgan fingerprint density at radius 3 is 1.76 bits per heavy atom. The van der Waals surface area contributed by atoms with Crippen LogP contribution in [0.25, 0.3) is 0 Å². The molecular formula is C27H31Cl2N5. The van der Waals surface area contributed by atoms with Gasteiger partial charge in [0.1, 0.15) is 5.66 Å². The number of aromatic nitrogens is 4. The molecule has 1 N–H and O–H groups in total. The van der Waals surface area contributed by atoms with Crippen LogP contribution in [0.5, 0.6) is 0 Å². The van der Waals surface area contributed by atoms with Crippen molar-refractivity contribution in [2.24, 2.45) is 0 Å². The quantitative estimate of drug-likeness (QED) is 0.245. The first-order chi connectivity index (χ1) is 16.6. The normalized spacial score (nSPS) is 13.6. The van der Waals surface area contributed by atoms with Crippen LogP contribution in [-0.4, -0.2) is 25.6 Å². The Balaban J connectivity index is 1.70. The van der Waals surface area contributed by atoms with Gasteiger partial charge < -0.3 is 14.5 Å². The predicted octanol–water partition coefficient (Wildman–Crippen LogP) is 6.91. The molecule has 0 spiro atoms. The second-order valence-electron chi connectivity index (χ2n) is 8.55. The summed E-state index contributed by atoms with van der Waals surface area (Å²) in [6.07, 6.45) is 14.4. The smallest absolute Gasteiger partial charge is 0.130 e. The largest absolute Gasteiger partial charge is 0.313 e. The summed E-state index contributed by atoms with van der Waals surface area (Å²) in [7, 11) is 0. The van der Waals surface area contributed by atoms with Crippen LogP contribution in [0.4, 0.5) is 0 Å². The fourth-order valence-electron chi connectivity index (χ4n) is 5.05. The molecule has 0 aliphatic heterocycles. The molecule has 0 aliphatic carbocycles. The summed E-state index contributed by atoms with van der Waals surface area (Å²) in [4.78, 5) is 8.83. The van der Waals surface area contributed by atoms with Gasteiger partial charge in [-0.3, -0.25) is 0 Å². The van der Waals surface area contributed by atoms with Gasteiger partial charge in [-0.05, 0) is 54.8 Å². The highest BCUT2D eigenvalue weighted by Crippen LogP contribution is 2.41. The highest BCUT2D eigenvalue weighted by molar-refractivity contribution is 6.30. The zero-order chi connectivity index (χ0) is 24.0. The molecule has 178 valence electrons. The number of hydrogen-bond acceptors (Lipinski definition) is 3. The van der Waals surface area contributed by atoms with Crippen LogP contribution >= 0.6 is 23.2 Å². The number of imidazole rings is 2. The Kier molecular flexibility index (Phi) is 8.09. The van der Waals surface area contributed by atoms with Gasteiger partial charge in [0.05, 0.1) is 12.7 Å². The van der Waals surface area contributed by atoms with Crippen LogP contribution in [0.1, 0.15) is 56.2 Å². The van der Waals surface area contributed by atoms with Crippen molar-refractivity contribution in [1.29, 1.82) is 0 Å². The minimum absolute atomic E-state index is 0.172. The van der Waals surface area contributed by atoms with Gasteiger partial charge in [-0.1, -0.05) is 61.3 Å². The molecule has 2 aromatic heterocycles. The van der Waals surface area contributed by atoms with E-state index >= 15 is 0 Å². The molecule has 4 aromatic rings. The molecule has 0 saturated carbocycles. The molecule has 7 heteroatoms. The van der Waals surface area contributed by atoms with Crippen molar-refractivity contribution >= 4 is 23.2 Å². The maximum absolute atomic E-state index is 6.23. The van der Waals surface area contributed by atoms with E-state index in [4.69, 9.17) is 23.2 Å². The molecule has 0 aliphatic rings. The summed E-state index contributed by atoms with van der Waals surface area (Å²) in [5, 5.41) is 5.29. The monoisotopic (exact) mass is 495 g/mol. The van der Waals surface area contributed by atoms with E-state index in [1.165, 1.54) is 11.1 Å². The Hall–Kier alpha value is -2.60. The summed E-state index contributed by atoms with van der Waals surface area (Å²) in [5.74, 6) is 0.172. The van der Waals surface area contributed by atoms with E-state index in [-0.39, 0.29) is 12.0 Å². The molecule has 2 unspecified atom stereocenters. The number of hydrogen-bond donors (Lipinski definition) is 1. The second-order valence-corrected chi connectivity index (χ2v) is 9.42. The van der Waals surface area contributed by atoms with Crippen LogP contribution in [-0.2, 0) is 5.66 Å². The van der Waals surface area contributed by atoms with Crippen LogP contribution in [0.15, 0.2) is 86.0 Å². The van der Waals surface area contributed by atoms with Crippen LogP contribution in [0, 0.1) is 0 Å². The minimum atomic E-state index is -0.430. The SMILES string of the molecule is CCC(NCCC(C(CC)c1ccc(Cl)cc1)(n1ccnc1)n1ccnc1)c1ccc(Cl)cc1. The lowest BCUT2D eigenvalue weighted by atomic mass is 9.80. The first-order valence-corrected chi connectivity index (χ1v) is 12.5. The van der Waals surface area contributed by atoms with Gasteiger partial charge in [-0.25, -0.2) is 9.97 Å². The first-order valence-electron chi connectivity index (χ1n) is 11.8. The molecule has 34 heavy (non-hydrogen) atoms. The third kappa shape index (κ3) is 5.07. The molecular weight excluding hydrogens is 465 g/mol. The van der Waals surface area contributed by atoms with Crippen LogP contribution in [0.2, 0.25) is 10.0 Å². The molecule has 0 fully saturated rings. The van der Waals surface area contributed by atoms with Gasteiger partial charge in [-0.2, -0.15) is 0 Å². The van der Waals surface area contributed by atoms with Gasteiger partial charge in [0.15, 0.2) is 0 Å². The first kappa shape index (κ1) is 24.5. The summed E-state index contributed by atoms with van der Waals surface area (Å²) in [6.45, 7) is 5.24. The molecule has 0 radical (unpaired) electrons. The zero-order valence-electron chi connectivity index (χ0n) is 19.6. The fraction of sp³-hybridized carbons (Fsp3) is 0.333. The standard InChI is InChI=1S/C27H31Cl2N5/c1-3-25(21-5-9-23(28)10-6-21)27(33-17-15-30-19-33,34-18-16-31-20-34)13-14-32-26(4-2)22-7-11-24(29)12-8-22/h5-12,15-20,25-26,32H,3-4,13-14H2,1-2H3. The Morgan fingerprint density at radius 2 is 1.32 bits per heavy atom. The summed E-state index contributed by atoms with van der Waals surface area (Å²) in [5.41, 5.74) is 2.05. The highest BCUT2D eigenvalue weighted by atomic mass is 35.5. The lowest BCUT2D eigenvalue weighted by Crippen LogP contribution is -2.47. The minimum Gasteiger partial charge on any atom is -0.313 e.